The summed E-state index contributed by atoms with van der Waals surface area (Å²) in [6, 6.07) is 4.59. The fourth-order valence-corrected chi connectivity index (χ4v) is 4.21. The molecule has 1 atom stereocenters. The van der Waals surface area contributed by atoms with Crippen LogP contribution >= 0.6 is 0 Å². The highest BCUT2D eigenvalue weighted by molar-refractivity contribution is 6.31. The SMILES string of the molecule is C=C.COc1cccc2c1C(=O)c1c(O)c3c(c(O)c1C2=O)C[C@@H](C(=O)CO)CC3. The molecule has 0 saturated carbocycles. The zero-order valence-corrected chi connectivity index (χ0v) is 16.5. The van der Waals surface area contributed by atoms with Gasteiger partial charge in [0.25, 0.3) is 0 Å². The number of aliphatic hydroxyl groups excluding tert-OH is 1. The van der Waals surface area contributed by atoms with Gasteiger partial charge < -0.3 is 20.1 Å². The summed E-state index contributed by atoms with van der Waals surface area (Å²) in [4.78, 5) is 38.1. The van der Waals surface area contributed by atoms with Crippen molar-refractivity contribution in [2.24, 2.45) is 5.92 Å². The Balaban J connectivity index is 0.00000124. The van der Waals surface area contributed by atoms with Crippen molar-refractivity contribution in [2.45, 2.75) is 19.3 Å². The maximum atomic E-state index is 13.1. The molecule has 0 aromatic heterocycles. The van der Waals surface area contributed by atoms with Gasteiger partial charge in [0.1, 0.15) is 23.9 Å². The minimum atomic E-state index is -0.609. The number of ketones is 3. The smallest absolute Gasteiger partial charge is 0.202 e. The number of aromatic hydroxyl groups is 2. The Labute approximate surface area is 173 Å². The second-order valence-electron chi connectivity index (χ2n) is 7.01. The number of carbonyl (C=O) groups is 3. The number of Topliss-reactive ketones (excluding diaryl/α,β-unsaturated/α-hetero) is 1. The van der Waals surface area contributed by atoms with E-state index >= 15 is 0 Å². The van der Waals surface area contributed by atoms with Crippen LogP contribution in [0.15, 0.2) is 31.4 Å². The lowest BCUT2D eigenvalue weighted by atomic mass is 9.75. The van der Waals surface area contributed by atoms with E-state index in [1.54, 1.807) is 12.1 Å². The summed E-state index contributed by atoms with van der Waals surface area (Å²) in [6.45, 7) is 5.39. The summed E-state index contributed by atoms with van der Waals surface area (Å²) >= 11 is 0. The van der Waals surface area contributed by atoms with Gasteiger partial charge in [-0.15, -0.1) is 13.2 Å². The van der Waals surface area contributed by atoms with Gasteiger partial charge in [-0.1, -0.05) is 12.1 Å². The number of aliphatic hydroxyl groups is 1. The zero-order chi connectivity index (χ0) is 22.2. The van der Waals surface area contributed by atoms with Crippen LogP contribution in [0.1, 0.15) is 49.4 Å². The molecular formula is C23H22O7. The first-order chi connectivity index (χ1) is 14.4. The second-order valence-corrected chi connectivity index (χ2v) is 7.01. The van der Waals surface area contributed by atoms with Gasteiger partial charge in [0.2, 0.25) is 5.78 Å². The molecule has 0 aliphatic heterocycles. The molecule has 156 valence electrons. The number of hydrogen-bond donors (Lipinski definition) is 3. The van der Waals surface area contributed by atoms with Gasteiger partial charge in [0.15, 0.2) is 11.6 Å². The van der Waals surface area contributed by atoms with E-state index in [-0.39, 0.29) is 63.7 Å². The first kappa shape index (κ1) is 21.3. The Bertz CT molecular complexity index is 1070. The molecule has 2 aliphatic rings. The number of carbonyl (C=O) groups excluding carboxylic acids is 3. The van der Waals surface area contributed by atoms with Gasteiger partial charge in [-0.05, 0) is 25.3 Å². The number of hydrogen-bond acceptors (Lipinski definition) is 7. The van der Waals surface area contributed by atoms with E-state index in [1.165, 1.54) is 13.2 Å². The average Bonchev–Trinajstić information content (AvgIpc) is 2.79. The minimum absolute atomic E-state index is 0.0568. The summed E-state index contributed by atoms with van der Waals surface area (Å²) in [5, 5.41) is 30.7. The van der Waals surface area contributed by atoms with E-state index in [1.807, 2.05) is 0 Å². The van der Waals surface area contributed by atoms with E-state index in [2.05, 4.69) is 13.2 Å². The first-order valence-corrected chi connectivity index (χ1v) is 9.40. The van der Waals surface area contributed by atoms with Crippen molar-refractivity contribution in [1.82, 2.24) is 0 Å². The molecule has 2 aliphatic carbocycles. The molecule has 7 heteroatoms. The van der Waals surface area contributed by atoms with Crippen LogP contribution in [0.4, 0.5) is 0 Å². The highest BCUT2D eigenvalue weighted by atomic mass is 16.5. The quantitative estimate of drug-likeness (QED) is 0.448. The van der Waals surface area contributed by atoms with Gasteiger partial charge in [0.05, 0.1) is 23.8 Å². The number of phenols is 2. The van der Waals surface area contributed by atoms with Crippen molar-refractivity contribution in [3.63, 3.8) is 0 Å². The normalized spacial score (nSPS) is 16.5. The lowest BCUT2D eigenvalue weighted by Crippen LogP contribution is -2.28. The van der Waals surface area contributed by atoms with E-state index in [0.717, 1.165) is 0 Å². The molecule has 0 spiro atoms. The Hall–Kier alpha value is -3.45. The van der Waals surface area contributed by atoms with Crippen LogP contribution in [0.2, 0.25) is 0 Å². The molecule has 0 heterocycles. The third kappa shape index (κ3) is 2.98. The molecular weight excluding hydrogens is 388 g/mol. The molecule has 7 nitrogen and oxygen atoms in total. The van der Waals surface area contributed by atoms with Gasteiger partial charge in [-0.2, -0.15) is 0 Å². The standard InChI is InChI=1S/C21H18O7.C2H4/c1-28-14-4-2-3-11-15(14)21(27)17-16(19(11)25)20(26)12-7-9(13(23)8-22)5-6-10(12)18(17)24;1-2/h2-4,9,22,24,26H,5-8H2,1H3;1-2H2/t9-;/m0./s1. The Morgan fingerprint density at radius 2 is 1.70 bits per heavy atom. The molecule has 0 bridgehead atoms. The summed E-state index contributed by atoms with van der Waals surface area (Å²) < 4.78 is 5.20. The Morgan fingerprint density at radius 1 is 1.07 bits per heavy atom. The molecule has 2 aromatic rings. The summed E-state index contributed by atoms with van der Waals surface area (Å²) in [7, 11) is 1.38. The topological polar surface area (TPSA) is 121 Å². The number of methoxy groups -OCH3 is 1. The fourth-order valence-electron chi connectivity index (χ4n) is 4.21. The molecule has 3 N–H and O–H groups in total. The lowest BCUT2D eigenvalue weighted by Gasteiger charge is -2.29. The van der Waals surface area contributed by atoms with Gasteiger partial charge in [0, 0.05) is 22.6 Å². The molecule has 2 aromatic carbocycles. The number of phenolic OH excluding ortho intramolecular Hbond substituents is 2. The van der Waals surface area contributed by atoms with Crippen LogP contribution in [-0.4, -0.2) is 46.4 Å². The number of ether oxygens (including phenoxy) is 1. The fraction of sp³-hybridized carbons (Fsp3) is 0.261. The molecule has 0 amide bonds. The zero-order valence-electron chi connectivity index (χ0n) is 16.5. The van der Waals surface area contributed by atoms with E-state index < -0.39 is 24.1 Å². The van der Waals surface area contributed by atoms with Crippen LogP contribution < -0.4 is 4.74 Å². The van der Waals surface area contributed by atoms with Gasteiger partial charge >= 0.3 is 0 Å². The van der Waals surface area contributed by atoms with Gasteiger partial charge in [-0.3, -0.25) is 14.4 Å². The molecule has 0 saturated heterocycles. The number of benzene rings is 2. The monoisotopic (exact) mass is 410 g/mol. The van der Waals surface area contributed by atoms with Crippen LogP contribution in [0.25, 0.3) is 0 Å². The molecule has 0 radical (unpaired) electrons. The minimum Gasteiger partial charge on any atom is -0.507 e. The summed E-state index contributed by atoms with van der Waals surface area (Å²) in [5.41, 5.74) is 0.301. The lowest BCUT2D eigenvalue weighted by molar-refractivity contribution is -0.125. The predicted molar refractivity (Wildman–Crippen MR) is 108 cm³/mol. The first-order valence-electron chi connectivity index (χ1n) is 9.40. The van der Waals surface area contributed by atoms with Crippen molar-refractivity contribution in [1.29, 1.82) is 0 Å². The summed E-state index contributed by atoms with van der Waals surface area (Å²) in [5.74, 6) is -2.56. The van der Waals surface area contributed by atoms with Crippen LogP contribution in [0.5, 0.6) is 17.2 Å². The van der Waals surface area contributed by atoms with Crippen molar-refractivity contribution in [3.05, 3.63) is 64.7 Å². The maximum absolute atomic E-state index is 13.1. The molecule has 0 unspecified atom stereocenters. The van der Waals surface area contributed by atoms with E-state index in [0.29, 0.717) is 12.0 Å². The van der Waals surface area contributed by atoms with Crippen LogP contribution in [0, 0.1) is 5.92 Å². The third-order valence-electron chi connectivity index (χ3n) is 5.64. The Kier molecular flexibility index (Phi) is 5.75. The third-order valence-corrected chi connectivity index (χ3v) is 5.64. The predicted octanol–water partition coefficient (Wildman–Crippen LogP) is 2.35. The van der Waals surface area contributed by atoms with Crippen molar-refractivity contribution in [3.8, 4) is 17.2 Å². The maximum Gasteiger partial charge on any atom is 0.202 e. The average molecular weight is 410 g/mol. The number of rotatable bonds is 3. The van der Waals surface area contributed by atoms with E-state index in [4.69, 9.17) is 9.84 Å². The second kappa shape index (κ2) is 8.12. The van der Waals surface area contributed by atoms with E-state index in [9.17, 15) is 24.6 Å². The molecule has 30 heavy (non-hydrogen) atoms. The van der Waals surface area contributed by atoms with Crippen molar-refractivity contribution < 1.29 is 34.4 Å². The highest BCUT2D eigenvalue weighted by Gasteiger charge is 2.40. The van der Waals surface area contributed by atoms with Crippen LogP contribution in [-0.2, 0) is 17.6 Å². The molecule has 0 fully saturated rings. The van der Waals surface area contributed by atoms with Crippen molar-refractivity contribution in [2.75, 3.05) is 13.7 Å². The molecule has 4 rings (SSSR count). The highest BCUT2D eigenvalue weighted by Crippen LogP contribution is 2.47. The van der Waals surface area contributed by atoms with Gasteiger partial charge in [-0.25, -0.2) is 0 Å². The Morgan fingerprint density at radius 3 is 2.33 bits per heavy atom. The van der Waals surface area contributed by atoms with Crippen molar-refractivity contribution >= 4 is 17.3 Å². The largest absolute Gasteiger partial charge is 0.507 e. The number of fused-ring (bicyclic) bond motifs is 3. The van der Waals surface area contributed by atoms with Crippen LogP contribution in [0.3, 0.4) is 0 Å². The summed E-state index contributed by atoms with van der Waals surface area (Å²) in [6.07, 6.45) is 0.715.